The van der Waals surface area contributed by atoms with Crippen LogP contribution in [0.25, 0.3) is 11.4 Å². The van der Waals surface area contributed by atoms with Crippen molar-refractivity contribution in [2.75, 3.05) is 0 Å². The van der Waals surface area contributed by atoms with Crippen molar-refractivity contribution < 1.29 is 0 Å². The van der Waals surface area contributed by atoms with E-state index in [1.807, 2.05) is 84.0 Å². The summed E-state index contributed by atoms with van der Waals surface area (Å²) in [7, 11) is 0. The van der Waals surface area contributed by atoms with Crippen molar-refractivity contribution in [2.24, 2.45) is 0 Å². The summed E-state index contributed by atoms with van der Waals surface area (Å²) in [5.41, 5.74) is 2.99. The summed E-state index contributed by atoms with van der Waals surface area (Å²) in [6.45, 7) is 16.2. The van der Waals surface area contributed by atoms with Gasteiger partial charge in [-0.15, -0.1) is 0 Å². The van der Waals surface area contributed by atoms with Gasteiger partial charge in [-0.3, -0.25) is 0 Å². The fraction of sp³-hybridized carbons (Fsp3) is 0.435. The Labute approximate surface area is 166 Å². The monoisotopic (exact) mass is 370 g/mol. The van der Waals surface area contributed by atoms with Crippen molar-refractivity contribution in [3.05, 3.63) is 66.5 Å². The molecule has 0 radical (unpaired) electrons. The van der Waals surface area contributed by atoms with Crippen LogP contribution in [-0.2, 0) is 12.8 Å². The van der Waals surface area contributed by atoms with Crippen molar-refractivity contribution in [3.8, 4) is 11.4 Å². The Bertz CT molecular complexity index is 607. The number of aromatic amines is 1. The maximum Gasteiger partial charge on any atom is 0.116 e. The van der Waals surface area contributed by atoms with Crippen LogP contribution in [-0.4, -0.2) is 19.9 Å². The summed E-state index contributed by atoms with van der Waals surface area (Å²) in [5, 5.41) is 0. The van der Waals surface area contributed by atoms with Crippen molar-refractivity contribution >= 4 is 0 Å². The highest BCUT2D eigenvalue weighted by Gasteiger charge is 2.10. The van der Waals surface area contributed by atoms with E-state index in [-0.39, 0.29) is 0 Å². The normalized spacial score (nSPS) is 8.30. The van der Waals surface area contributed by atoms with E-state index >= 15 is 0 Å². The molecule has 3 rings (SSSR count). The highest BCUT2D eigenvalue weighted by molar-refractivity contribution is 5.56. The third-order valence-electron chi connectivity index (χ3n) is 3.01. The first-order valence-corrected chi connectivity index (χ1v) is 10.2. The average molecular weight is 371 g/mol. The van der Waals surface area contributed by atoms with Gasteiger partial charge in [0.05, 0.1) is 5.69 Å². The van der Waals surface area contributed by atoms with E-state index in [1.165, 1.54) is 0 Å². The van der Waals surface area contributed by atoms with E-state index in [0.29, 0.717) is 0 Å². The molecule has 0 saturated carbocycles. The summed E-state index contributed by atoms with van der Waals surface area (Å²) in [4.78, 5) is 15.9. The molecule has 0 atom stereocenters. The number of H-pyrrole nitrogens is 1. The molecular weight excluding hydrogens is 332 g/mol. The summed E-state index contributed by atoms with van der Waals surface area (Å²) in [6.07, 6.45) is 5.14. The molecular formula is C23H38N4. The Hall–Kier alpha value is -2.49. The van der Waals surface area contributed by atoms with Crippen LogP contribution in [0.15, 0.2) is 55.0 Å². The first-order valence-electron chi connectivity index (χ1n) is 10.2. The molecule has 0 unspecified atom stereocenters. The quantitative estimate of drug-likeness (QED) is 0.554. The van der Waals surface area contributed by atoms with Crippen molar-refractivity contribution in [1.29, 1.82) is 0 Å². The van der Waals surface area contributed by atoms with Crippen LogP contribution in [0.4, 0.5) is 0 Å². The molecule has 2 heterocycles. The van der Waals surface area contributed by atoms with E-state index in [1.54, 1.807) is 12.5 Å². The molecule has 0 amide bonds. The molecule has 0 saturated heterocycles. The van der Waals surface area contributed by atoms with Crippen LogP contribution < -0.4 is 0 Å². The molecule has 0 aliphatic heterocycles. The molecule has 27 heavy (non-hydrogen) atoms. The molecule has 1 N–H and O–H groups in total. The zero-order chi connectivity index (χ0) is 20.9. The van der Waals surface area contributed by atoms with E-state index in [2.05, 4.69) is 33.8 Å². The number of nitrogens with one attached hydrogen (secondary N) is 1. The van der Waals surface area contributed by atoms with Gasteiger partial charge in [0, 0.05) is 18.3 Å². The summed E-state index contributed by atoms with van der Waals surface area (Å²) >= 11 is 0. The van der Waals surface area contributed by atoms with Crippen LogP contribution in [0.3, 0.4) is 0 Å². The minimum atomic E-state index is 0.887. The summed E-state index contributed by atoms with van der Waals surface area (Å²) in [6, 6.07) is 13.9. The molecule has 0 fully saturated rings. The van der Waals surface area contributed by atoms with Gasteiger partial charge < -0.3 is 4.98 Å². The summed E-state index contributed by atoms with van der Waals surface area (Å²) < 4.78 is 0. The Morgan fingerprint density at radius 3 is 1.67 bits per heavy atom. The van der Waals surface area contributed by atoms with E-state index in [0.717, 1.165) is 35.7 Å². The minimum Gasteiger partial charge on any atom is -0.345 e. The van der Waals surface area contributed by atoms with Crippen LogP contribution in [0.1, 0.15) is 66.9 Å². The molecule has 150 valence electrons. The van der Waals surface area contributed by atoms with Gasteiger partial charge in [0.25, 0.3) is 0 Å². The van der Waals surface area contributed by atoms with E-state index < -0.39 is 0 Å². The highest BCUT2D eigenvalue weighted by Crippen LogP contribution is 2.19. The second-order valence-corrected chi connectivity index (χ2v) is 4.47. The first-order chi connectivity index (χ1) is 13.3. The molecule has 0 bridgehead atoms. The lowest BCUT2D eigenvalue weighted by Crippen LogP contribution is -1.89. The van der Waals surface area contributed by atoms with Gasteiger partial charge in [-0.05, 0) is 12.5 Å². The summed E-state index contributed by atoms with van der Waals surface area (Å²) in [5.74, 6) is 1.01. The Kier molecular flexibility index (Phi) is 19.6. The first kappa shape index (κ1) is 26.7. The van der Waals surface area contributed by atoms with Crippen molar-refractivity contribution in [2.45, 2.75) is 68.2 Å². The SMILES string of the molecule is CC.CC.CC.CCc1nc(-c2ccncn2)c(CC)[nH]1.c1ccccc1. The number of aromatic nitrogens is 4. The topological polar surface area (TPSA) is 54.5 Å². The number of hydrogen-bond acceptors (Lipinski definition) is 3. The van der Waals surface area contributed by atoms with Gasteiger partial charge in [-0.25, -0.2) is 15.0 Å². The lowest BCUT2D eigenvalue weighted by Gasteiger charge is -1.97. The Morgan fingerprint density at radius 1 is 0.778 bits per heavy atom. The van der Waals surface area contributed by atoms with Gasteiger partial charge >= 0.3 is 0 Å². The molecule has 1 aromatic carbocycles. The number of hydrogen-bond donors (Lipinski definition) is 1. The van der Waals surface area contributed by atoms with Crippen LogP contribution in [0, 0.1) is 0 Å². The van der Waals surface area contributed by atoms with Gasteiger partial charge in [0.2, 0.25) is 0 Å². The van der Waals surface area contributed by atoms with Crippen molar-refractivity contribution in [1.82, 2.24) is 19.9 Å². The molecule has 2 aromatic heterocycles. The van der Waals surface area contributed by atoms with E-state index in [4.69, 9.17) is 0 Å². The largest absolute Gasteiger partial charge is 0.345 e. The molecule has 3 aromatic rings. The Morgan fingerprint density at radius 2 is 1.30 bits per heavy atom. The number of rotatable bonds is 3. The standard InChI is InChI=1S/C11H14N4.C6H6.3C2H6/c1-3-8-11(15-10(4-2)14-8)9-5-6-12-7-13-9;1-2-4-6-5-3-1;3*1-2/h5-7H,3-4H2,1-2H3,(H,14,15);1-6H;3*1-2H3. The second kappa shape index (κ2) is 19.8. The maximum absolute atomic E-state index is 4.52. The van der Waals surface area contributed by atoms with Crippen LogP contribution in [0.2, 0.25) is 0 Å². The smallest absolute Gasteiger partial charge is 0.116 e. The minimum absolute atomic E-state index is 0.887. The molecule has 4 nitrogen and oxygen atoms in total. The van der Waals surface area contributed by atoms with Crippen LogP contribution >= 0.6 is 0 Å². The third-order valence-corrected chi connectivity index (χ3v) is 3.01. The number of benzene rings is 1. The zero-order valence-corrected chi connectivity index (χ0v) is 18.5. The predicted molar refractivity (Wildman–Crippen MR) is 119 cm³/mol. The average Bonchev–Trinajstić information content (AvgIpc) is 3.24. The van der Waals surface area contributed by atoms with Gasteiger partial charge in [0.15, 0.2) is 0 Å². The van der Waals surface area contributed by atoms with Crippen molar-refractivity contribution in [3.63, 3.8) is 0 Å². The fourth-order valence-corrected chi connectivity index (χ4v) is 1.91. The maximum atomic E-state index is 4.52. The zero-order valence-electron chi connectivity index (χ0n) is 18.5. The number of imidazole rings is 1. The third kappa shape index (κ3) is 11.0. The molecule has 0 aliphatic rings. The molecule has 0 spiro atoms. The van der Waals surface area contributed by atoms with Gasteiger partial charge in [-0.2, -0.15) is 0 Å². The van der Waals surface area contributed by atoms with Gasteiger partial charge in [-0.1, -0.05) is 91.8 Å². The number of nitrogens with zero attached hydrogens (tertiary/aromatic N) is 3. The lowest BCUT2D eigenvalue weighted by atomic mass is 10.2. The fourth-order valence-electron chi connectivity index (χ4n) is 1.91. The van der Waals surface area contributed by atoms with Gasteiger partial charge in [0.1, 0.15) is 17.8 Å². The highest BCUT2D eigenvalue weighted by atomic mass is 15.0. The van der Waals surface area contributed by atoms with E-state index in [9.17, 15) is 0 Å². The molecule has 0 aliphatic carbocycles. The lowest BCUT2D eigenvalue weighted by molar-refractivity contribution is 0.963. The predicted octanol–water partition coefficient (Wildman–Crippen LogP) is 6.76. The number of aryl methyl sites for hydroxylation is 2. The second-order valence-electron chi connectivity index (χ2n) is 4.47. The molecule has 4 heteroatoms. The Balaban J connectivity index is 0. The van der Waals surface area contributed by atoms with Crippen LogP contribution in [0.5, 0.6) is 0 Å².